The van der Waals surface area contributed by atoms with Crippen molar-refractivity contribution >= 4 is 27.7 Å². The predicted molar refractivity (Wildman–Crippen MR) is 94.8 cm³/mol. The van der Waals surface area contributed by atoms with Crippen molar-refractivity contribution in [2.75, 3.05) is 19.8 Å². The molecule has 1 rings (SSSR count). The highest BCUT2D eigenvalue weighted by atomic mass is 79.9. The summed E-state index contributed by atoms with van der Waals surface area (Å²) in [5.41, 5.74) is 0. The third-order valence-corrected chi connectivity index (χ3v) is 5.11. The summed E-state index contributed by atoms with van der Waals surface area (Å²) < 4.78 is 14.7. The maximum atomic E-state index is 11.9. The smallest absolute Gasteiger partial charge is 0.330 e. The summed E-state index contributed by atoms with van der Waals surface area (Å²) in [7, 11) is 0. The van der Waals surface area contributed by atoms with Crippen molar-refractivity contribution in [1.29, 1.82) is 0 Å². The third kappa shape index (κ3) is 7.33. The van der Waals surface area contributed by atoms with Crippen molar-refractivity contribution in [3.8, 4) is 11.8 Å². The van der Waals surface area contributed by atoms with Crippen LogP contribution in [0.25, 0.3) is 0 Å². The first kappa shape index (κ1) is 21.1. The molecule has 0 aromatic heterocycles. The fourth-order valence-corrected chi connectivity index (χ4v) is 2.76. The minimum Gasteiger partial charge on any atom is -0.465 e. The Morgan fingerprint density at radius 2 is 2.08 bits per heavy atom. The molecule has 6 heteroatoms. The van der Waals surface area contributed by atoms with Gasteiger partial charge in [0.15, 0.2) is 16.4 Å². The summed E-state index contributed by atoms with van der Waals surface area (Å²) in [6, 6.07) is 0. The van der Waals surface area contributed by atoms with Crippen LogP contribution < -0.4 is 0 Å². The summed E-state index contributed by atoms with van der Waals surface area (Å²) in [5.74, 6) is 5.28. The van der Waals surface area contributed by atoms with E-state index in [0.29, 0.717) is 25.9 Å². The van der Waals surface area contributed by atoms with Crippen LogP contribution in [0.3, 0.4) is 0 Å². The zero-order valence-corrected chi connectivity index (χ0v) is 16.2. The second-order valence-electron chi connectivity index (χ2n) is 5.75. The SMILES string of the molecule is CCOC(=O)C(Br)(CCCCC#CCOC1CCCCO1)C(C)=O. The third-order valence-electron chi connectivity index (χ3n) is 3.83. The average molecular weight is 403 g/mol. The predicted octanol–water partition coefficient (Wildman–Crippen LogP) is 3.38. The van der Waals surface area contributed by atoms with E-state index in [0.717, 1.165) is 32.3 Å². The van der Waals surface area contributed by atoms with Gasteiger partial charge in [-0.05, 0) is 46.0 Å². The van der Waals surface area contributed by atoms with Crippen LogP contribution in [0.4, 0.5) is 0 Å². The Bertz CT molecular complexity index is 462. The fourth-order valence-electron chi connectivity index (χ4n) is 2.37. The first-order chi connectivity index (χ1) is 11.5. The highest BCUT2D eigenvalue weighted by Gasteiger charge is 2.41. The molecule has 24 heavy (non-hydrogen) atoms. The molecule has 0 spiro atoms. The lowest BCUT2D eigenvalue weighted by atomic mass is 9.97. The minimum absolute atomic E-state index is 0.109. The van der Waals surface area contributed by atoms with Crippen LogP contribution in [-0.4, -0.2) is 42.2 Å². The Hall–Kier alpha value is -0.900. The molecule has 0 N–H and O–H groups in total. The number of Topliss-reactive ketones (excluding diaryl/α,β-unsaturated/α-hetero) is 1. The molecule has 1 aliphatic rings. The number of alkyl halides is 1. The lowest BCUT2D eigenvalue weighted by Crippen LogP contribution is -2.40. The molecule has 2 atom stereocenters. The first-order valence-corrected chi connectivity index (χ1v) is 9.36. The minimum atomic E-state index is -1.22. The number of hydrogen-bond donors (Lipinski definition) is 0. The van der Waals surface area contributed by atoms with Gasteiger partial charge >= 0.3 is 5.97 Å². The lowest BCUT2D eigenvalue weighted by molar-refractivity contribution is -0.154. The van der Waals surface area contributed by atoms with Crippen LogP contribution in [0.2, 0.25) is 0 Å². The summed E-state index contributed by atoms with van der Waals surface area (Å²) in [6.45, 7) is 4.53. The van der Waals surface area contributed by atoms with Crippen LogP contribution in [-0.2, 0) is 23.8 Å². The number of carbonyl (C=O) groups excluding carboxylic acids is 2. The number of ketones is 1. The average Bonchev–Trinajstić information content (AvgIpc) is 2.58. The number of unbranched alkanes of at least 4 members (excludes halogenated alkanes) is 2. The summed E-state index contributed by atoms with van der Waals surface area (Å²) in [4.78, 5) is 23.6. The van der Waals surface area contributed by atoms with Gasteiger partial charge in [-0.1, -0.05) is 28.3 Å². The van der Waals surface area contributed by atoms with E-state index in [4.69, 9.17) is 14.2 Å². The number of ether oxygens (including phenoxy) is 3. The number of esters is 1. The topological polar surface area (TPSA) is 61.8 Å². The van der Waals surface area contributed by atoms with Crippen LogP contribution in [0.15, 0.2) is 0 Å². The Morgan fingerprint density at radius 3 is 2.71 bits per heavy atom. The Balaban J connectivity index is 2.20. The molecule has 1 heterocycles. The number of halogens is 1. The molecular formula is C18H27BrO5. The monoisotopic (exact) mass is 402 g/mol. The van der Waals surface area contributed by atoms with Crippen LogP contribution in [0.5, 0.6) is 0 Å². The Kier molecular flexibility index (Phi) is 10.2. The van der Waals surface area contributed by atoms with E-state index in [2.05, 4.69) is 27.8 Å². The van der Waals surface area contributed by atoms with E-state index in [1.54, 1.807) is 6.92 Å². The van der Waals surface area contributed by atoms with E-state index < -0.39 is 10.3 Å². The highest BCUT2D eigenvalue weighted by molar-refractivity contribution is 9.10. The zero-order chi connectivity index (χ0) is 17.8. The maximum absolute atomic E-state index is 11.9. The van der Waals surface area contributed by atoms with E-state index in [9.17, 15) is 9.59 Å². The van der Waals surface area contributed by atoms with Gasteiger partial charge in [-0.25, -0.2) is 0 Å². The molecule has 1 fully saturated rings. The quantitative estimate of drug-likeness (QED) is 0.194. The molecule has 1 saturated heterocycles. The molecule has 0 saturated carbocycles. The standard InChI is InChI=1S/C18H27BrO5/c1-3-22-17(21)18(19,15(2)20)12-8-5-4-6-9-13-23-16-11-7-10-14-24-16/h16H,3-5,7-8,10-14H2,1-2H3. The lowest BCUT2D eigenvalue weighted by Gasteiger charge is -2.22. The van der Waals surface area contributed by atoms with E-state index in [-0.39, 0.29) is 18.7 Å². The number of carbonyl (C=O) groups is 2. The molecule has 1 aliphatic heterocycles. The van der Waals surface area contributed by atoms with Gasteiger partial charge in [0.05, 0.1) is 6.61 Å². The molecule has 0 bridgehead atoms. The summed E-state index contributed by atoms with van der Waals surface area (Å²) >= 11 is 3.26. The van der Waals surface area contributed by atoms with Crippen LogP contribution in [0.1, 0.15) is 58.8 Å². The number of rotatable bonds is 9. The van der Waals surface area contributed by atoms with Gasteiger partial charge in [0, 0.05) is 13.0 Å². The number of hydrogen-bond acceptors (Lipinski definition) is 5. The van der Waals surface area contributed by atoms with Gasteiger partial charge in [0.1, 0.15) is 6.61 Å². The zero-order valence-electron chi connectivity index (χ0n) is 14.6. The van der Waals surface area contributed by atoms with Crippen molar-refractivity contribution in [3.63, 3.8) is 0 Å². The van der Waals surface area contributed by atoms with Crippen molar-refractivity contribution < 1.29 is 23.8 Å². The van der Waals surface area contributed by atoms with Crippen molar-refractivity contribution in [2.24, 2.45) is 0 Å². The molecule has 0 amide bonds. The summed E-state index contributed by atoms with van der Waals surface area (Å²) in [6.07, 6.45) is 5.72. The van der Waals surface area contributed by atoms with Crippen LogP contribution in [0, 0.1) is 11.8 Å². The molecule has 0 aromatic rings. The molecule has 0 aliphatic carbocycles. The Labute approximate surface area is 152 Å². The van der Waals surface area contributed by atoms with Crippen molar-refractivity contribution in [1.82, 2.24) is 0 Å². The van der Waals surface area contributed by atoms with Gasteiger partial charge < -0.3 is 14.2 Å². The maximum Gasteiger partial charge on any atom is 0.330 e. The molecular weight excluding hydrogens is 376 g/mol. The van der Waals surface area contributed by atoms with Gasteiger partial charge in [0.2, 0.25) is 0 Å². The van der Waals surface area contributed by atoms with E-state index in [1.165, 1.54) is 6.92 Å². The second-order valence-corrected chi connectivity index (χ2v) is 7.10. The summed E-state index contributed by atoms with van der Waals surface area (Å²) in [5, 5.41) is 0. The fraction of sp³-hybridized carbons (Fsp3) is 0.778. The Morgan fingerprint density at radius 1 is 1.29 bits per heavy atom. The van der Waals surface area contributed by atoms with Crippen molar-refractivity contribution in [3.05, 3.63) is 0 Å². The molecule has 5 nitrogen and oxygen atoms in total. The first-order valence-electron chi connectivity index (χ1n) is 8.56. The molecule has 136 valence electrons. The van der Waals surface area contributed by atoms with Gasteiger partial charge in [-0.2, -0.15) is 0 Å². The van der Waals surface area contributed by atoms with Gasteiger partial charge in [-0.15, -0.1) is 5.92 Å². The highest BCUT2D eigenvalue weighted by Crippen LogP contribution is 2.28. The normalized spacial score (nSPS) is 19.7. The van der Waals surface area contributed by atoms with Crippen molar-refractivity contribution in [2.45, 2.75) is 69.4 Å². The van der Waals surface area contributed by atoms with Crippen LogP contribution >= 0.6 is 15.9 Å². The molecule has 0 radical (unpaired) electrons. The second kappa shape index (κ2) is 11.6. The molecule has 2 unspecified atom stereocenters. The molecule has 0 aromatic carbocycles. The van der Waals surface area contributed by atoms with Gasteiger partial charge in [0.25, 0.3) is 0 Å². The van der Waals surface area contributed by atoms with Gasteiger partial charge in [-0.3, -0.25) is 9.59 Å². The largest absolute Gasteiger partial charge is 0.465 e. The van der Waals surface area contributed by atoms with E-state index >= 15 is 0 Å². The van der Waals surface area contributed by atoms with E-state index in [1.807, 2.05) is 0 Å².